The Labute approximate surface area is 100 Å². The first kappa shape index (κ1) is 11.8. The first-order valence-electron chi connectivity index (χ1n) is 5.41. The lowest BCUT2D eigenvalue weighted by molar-refractivity contribution is -0.0615. The molecular weight excluding hydrogens is 229 g/mol. The van der Waals surface area contributed by atoms with Crippen LogP contribution < -0.4 is 0 Å². The smallest absolute Gasteiger partial charge is 0.123 e. The Kier molecular flexibility index (Phi) is 3.47. The second-order valence-corrected chi connectivity index (χ2v) is 4.63. The lowest BCUT2D eigenvalue weighted by Gasteiger charge is -2.39. The summed E-state index contributed by atoms with van der Waals surface area (Å²) < 4.78 is 20.6. The molecule has 1 heterocycles. The van der Waals surface area contributed by atoms with E-state index in [-0.39, 0.29) is 24.0 Å². The number of morpholine rings is 1. The highest BCUT2D eigenvalue weighted by Crippen LogP contribution is 2.32. The first-order chi connectivity index (χ1) is 7.59. The molecule has 3 unspecified atom stereocenters. The highest BCUT2D eigenvalue weighted by atomic mass is 35.5. The Morgan fingerprint density at radius 2 is 2.19 bits per heavy atom. The van der Waals surface area contributed by atoms with Crippen molar-refractivity contribution < 1.29 is 9.13 Å². The van der Waals surface area contributed by atoms with Crippen molar-refractivity contribution in [3.05, 3.63) is 35.6 Å². The summed E-state index contributed by atoms with van der Waals surface area (Å²) in [6.07, 6.45) is -0.163. The normalized spacial score (nSPS) is 31.6. The quantitative estimate of drug-likeness (QED) is 0.703. The lowest BCUT2D eigenvalue weighted by atomic mass is 10.0. The number of halogens is 2. The molecule has 0 N–H and O–H groups in total. The van der Waals surface area contributed by atoms with Crippen LogP contribution in [0.2, 0.25) is 0 Å². The Hall–Kier alpha value is -0.640. The maximum Gasteiger partial charge on any atom is 0.123 e. The van der Waals surface area contributed by atoms with Crippen molar-refractivity contribution in [3.63, 3.8) is 0 Å². The SMILES string of the molecule is CC1COC(c2cccc(F)c2)C(C)N1Cl. The van der Waals surface area contributed by atoms with Gasteiger partial charge in [0, 0.05) is 6.04 Å². The lowest BCUT2D eigenvalue weighted by Crippen LogP contribution is -2.45. The van der Waals surface area contributed by atoms with Gasteiger partial charge in [0.2, 0.25) is 0 Å². The minimum atomic E-state index is -0.243. The van der Waals surface area contributed by atoms with Crippen LogP contribution in [0.5, 0.6) is 0 Å². The van der Waals surface area contributed by atoms with Crippen LogP contribution >= 0.6 is 11.8 Å². The standard InChI is InChI=1S/C12H15ClFNO/c1-8-7-16-12(9(2)15(8)13)10-4-3-5-11(14)6-10/h3-6,8-9,12H,7H2,1-2H3. The fourth-order valence-electron chi connectivity index (χ4n) is 2.04. The third-order valence-electron chi connectivity index (χ3n) is 2.94. The van der Waals surface area contributed by atoms with Crippen molar-refractivity contribution in [3.8, 4) is 0 Å². The van der Waals surface area contributed by atoms with Crippen LogP contribution in [0.25, 0.3) is 0 Å². The maximum atomic E-state index is 13.1. The van der Waals surface area contributed by atoms with E-state index in [9.17, 15) is 4.39 Å². The molecule has 1 saturated heterocycles. The monoisotopic (exact) mass is 243 g/mol. The summed E-state index contributed by atoms with van der Waals surface area (Å²) in [4.78, 5) is 0. The molecule has 88 valence electrons. The number of hydrogen-bond donors (Lipinski definition) is 0. The third-order valence-corrected chi connectivity index (χ3v) is 3.58. The molecule has 16 heavy (non-hydrogen) atoms. The predicted molar refractivity (Wildman–Crippen MR) is 61.7 cm³/mol. The molecular formula is C12H15ClFNO. The van der Waals surface area contributed by atoms with E-state index in [1.165, 1.54) is 12.1 Å². The summed E-state index contributed by atoms with van der Waals surface area (Å²) in [6, 6.07) is 6.70. The molecule has 0 saturated carbocycles. The van der Waals surface area contributed by atoms with Gasteiger partial charge in [0.25, 0.3) is 0 Å². The second-order valence-electron chi connectivity index (χ2n) is 4.24. The molecule has 0 aromatic heterocycles. The summed E-state index contributed by atoms with van der Waals surface area (Å²) in [5.74, 6) is -0.243. The number of rotatable bonds is 1. The van der Waals surface area contributed by atoms with E-state index in [2.05, 4.69) is 0 Å². The van der Waals surface area contributed by atoms with Crippen LogP contribution in [0.4, 0.5) is 4.39 Å². The van der Waals surface area contributed by atoms with Crippen molar-refractivity contribution >= 4 is 11.8 Å². The highest BCUT2D eigenvalue weighted by Gasteiger charge is 2.33. The van der Waals surface area contributed by atoms with Crippen molar-refractivity contribution in [1.82, 2.24) is 4.42 Å². The third kappa shape index (κ3) is 2.21. The van der Waals surface area contributed by atoms with Gasteiger partial charge in [0.05, 0.1) is 18.8 Å². The molecule has 2 nitrogen and oxygen atoms in total. The average molecular weight is 244 g/mol. The largest absolute Gasteiger partial charge is 0.370 e. The zero-order chi connectivity index (χ0) is 11.7. The van der Waals surface area contributed by atoms with Crippen molar-refractivity contribution in [2.75, 3.05) is 6.61 Å². The minimum Gasteiger partial charge on any atom is -0.370 e. The maximum absolute atomic E-state index is 13.1. The van der Waals surface area contributed by atoms with E-state index in [0.717, 1.165) is 5.56 Å². The zero-order valence-corrected chi connectivity index (χ0v) is 10.1. The molecule has 3 atom stereocenters. The van der Waals surface area contributed by atoms with Gasteiger partial charge in [0.1, 0.15) is 5.82 Å². The van der Waals surface area contributed by atoms with Crippen LogP contribution in [0.3, 0.4) is 0 Å². The van der Waals surface area contributed by atoms with Crippen LogP contribution in [-0.4, -0.2) is 23.1 Å². The Morgan fingerprint density at radius 1 is 1.44 bits per heavy atom. The van der Waals surface area contributed by atoms with Gasteiger partial charge in [-0.3, -0.25) is 0 Å². The van der Waals surface area contributed by atoms with Crippen molar-refractivity contribution in [2.24, 2.45) is 0 Å². The van der Waals surface area contributed by atoms with Gasteiger partial charge in [-0.15, -0.1) is 0 Å². The summed E-state index contributed by atoms with van der Waals surface area (Å²) >= 11 is 6.16. The van der Waals surface area contributed by atoms with E-state index < -0.39 is 0 Å². The molecule has 0 radical (unpaired) electrons. The summed E-state index contributed by atoms with van der Waals surface area (Å²) in [6.45, 7) is 4.55. The van der Waals surface area contributed by atoms with E-state index in [1.807, 2.05) is 19.9 Å². The van der Waals surface area contributed by atoms with Gasteiger partial charge in [-0.05, 0) is 43.3 Å². The fourth-order valence-corrected chi connectivity index (χ4v) is 2.20. The zero-order valence-electron chi connectivity index (χ0n) is 9.36. The van der Waals surface area contributed by atoms with E-state index in [0.29, 0.717) is 6.61 Å². The van der Waals surface area contributed by atoms with Crippen LogP contribution in [0.15, 0.2) is 24.3 Å². The van der Waals surface area contributed by atoms with E-state index in [4.69, 9.17) is 16.5 Å². The van der Waals surface area contributed by atoms with E-state index in [1.54, 1.807) is 10.5 Å². The van der Waals surface area contributed by atoms with Crippen LogP contribution in [0.1, 0.15) is 25.5 Å². The molecule has 1 aromatic rings. The molecule has 1 aromatic carbocycles. The van der Waals surface area contributed by atoms with Gasteiger partial charge >= 0.3 is 0 Å². The van der Waals surface area contributed by atoms with Gasteiger partial charge in [0.15, 0.2) is 0 Å². The van der Waals surface area contributed by atoms with Crippen molar-refractivity contribution in [2.45, 2.75) is 32.0 Å². The molecule has 1 fully saturated rings. The molecule has 0 bridgehead atoms. The molecule has 0 amide bonds. The second kappa shape index (κ2) is 4.70. The topological polar surface area (TPSA) is 12.5 Å². The first-order valence-corrected chi connectivity index (χ1v) is 5.74. The Balaban J connectivity index is 2.21. The van der Waals surface area contributed by atoms with Crippen molar-refractivity contribution in [1.29, 1.82) is 0 Å². The van der Waals surface area contributed by atoms with Crippen LogP contribution in [-0.2, 0) is 4.74 Å². The number of nitrogens with zero attached hydrogens (tertiary/aromatic N) is 1. The molecule has 0 spiro atoms. The van der Waals surface area contributed by atoms with Gasteiger partial charge in [-0.1, -0.05) is 12.1 Å². The van der Waals surface area contributed by atoms with Gasteiger partial charge < -0.3 is 4.74 Å². The molecule has 1 aliphatic heterocycles. The van der Waals surface area contributed by atoms with Gasteiger partial charge in [-0.2, -0.15) is 0 Å². The predicted octanol–water partition coefficient (Wildman–Crippen LogP) is 3.13. The minimum absolute atomic E-state index is 0.0345. The Morgan fingerprint density at radius 3 is 2.88 bits per heavy atom. The van der Waals surface area contributed by atoms with Gasteiger partial charge in [-0.25, -0.2) is 8.81 Å². The average Bonchev–Trinajstić information content (AvgIpc) is 2.26. The van der Waals surface area contributed by atoms with E-state index >= 15 is 0 Å². The number of hydrogen-bond acceptors (Lipinski definition) is 2. The molecule has 2 rings (SSSR count). The number of benzene rings is 1. The summed E-state index contributed by atoms with van der Waals surface area (Å²) in [5.41, 5.74) is 0.838. The molecule has 1 aliphatic rings. The summed E-state index contributed by atoms with van der Waals surface area (Å²) in [7, 11) is 0. The summed E-state index contributed by atoms with van der Waals surface area (Å²) in [5, 5.41) is 0. The highest BCUT2D eigenvalue weighted by molar-refractivity contribution is 6.13. The number of ether oxygens (including phenoxy) is 1. The Bertz CT molecular complexity index is 374. The molecule has 4 heteroatoms. The fraction of sp³-hybridized carbons (Fsp3) is 0.500. The molecule has 0 aliphatic carbocycles. The van der Waals surface area contributed by atoms with Crippen LogP contribution in [0, 0.1) is 5.82 Å².